The molecule has 0 saturated carbocycles. The molecule has 0 aromatic heterocycles. The van der Waals surface area contributed by atoms with Gasteiger partial charge < -0.3 is 5.32 Å². The van der Waals surface area contributed by atoms with Gasteiger partial charge in [0.25, 0.3) is 0 Å². The van der Waals surface area contributed by atoms with Crippen LogP contribution in [0.2, 0.25) is 0 Å². The molecule has 3 heteroatoms. The highest BCUT2D eigenvalue weighted by atomic mass is 79.9. The van der Waals surface area contributed by atoms with E-state index in [1.54, 1.807) is 0 Å². The Balaban J connectivity index is 2.11. The number of halogens is 1. The molecule has 1 nitrogen and oxygen atoms in total. The molecule has 2 aromatic rings. The fourth-order valence-corrected chi connectivity index (χ4v) is 3.84. The first-order chi connectivity index (χ1) is 9.60. The second kappa shape index (κ2) is 7.30. The summed E-state index contributed by atoms with van der Waals surface area (Å²) in [6, 6.07) is 15.5. The minimum atomic E-state index is 0.374. The normalized spacial score (nSPS) is 12.4. The van der Waals surface area contributed by atoms with Gasteiger partial charge in [-0.25, -0.2) is 0 Å². The van der Waals surface area contributed by atoms with Crippen molar-refractivity contribution >= 4 is 27.7 Å². The van der Waals surface area contributed by atoms with Crippen LogP contribution in [0.15, 0.2) is 51.8 Å². The van der Waals surface area contributed by atoms with Crippen molar-refractivity contribution in [2.75, 3.05) is 12.8 Å². The van der Waals surface area contributed by atoms with Gasteiger partial charge in [-0.05, 0) is 50.2 Å². The predicted octanol–water partition coefficient (Wildman–Crippen LogP) is 5.12. The third-order valence-electron chi connectivity index (χ3n) is 3.37. The van der Waals surface area contributed by atoms with E-state index in [-0.39, 0.29) is 0 Å². The Morgan fingerprint density at radius 2 is 1.95 bits per heavy atom. The predicted molar refractivity (Wildman–Crippen MR) is 92.6 cm³/mol. The highest BCUT2D eigenvalue weighted by Crippen LogP contribution is 2.28. The maximum atomic E-state index is 3.52. The molecule has 0 radical (unpaired) electrons. The van der Waals surface area contributed by atoms with Crippen LogP contribution in [0.25, 0.3) is 0 Å². The van der Waals surface area contributed by atoms with Gasteiger partial charge in [0.2, 0.25) is 0 Å². The van der Waals surface area contributed by atoms with Crippen LogP contribution in [-0.2, 0) is 0 Å². The molecule has 1 atom stereocenters. The van der Waals surface area contributed by atoms with Crippen molar-refractivity contribution in [2.45, 2.75) is 24.8 Å². The molecular weight excluding hydrogens is 330 g/mol. The van der Waals surface area contributed by atoms with E-state index in [0.29, 0.717) is 6.04 Å². The van der Waals surface area contributed by atoms with Crippen molar-refractivity contribution < 1.29 is 0 Å². The molecule has 0 bridgehead atoms. The largest absolute Gasteiger partial charge is 0.312 e. The molecule has 0 heterocycles. The van der Waals surface area contributed by atoms with Crippen LogP contribution in [0.5, 0.6) is 0 Å². The van der Waals surface area contributed by atoms with Crippen LogP contribution in [-0.4, -0.2) is 12.8 Å². The lowest BCUT2D eigenvalue weighted by molar-refractivity contribution is 0.657. The van der Waals surface area contributed by atoms with Gasteiger partial charge in [-0.15, -0.1) is 11.8 Å². The molecule has 2 rings (SSSR count). The van der Waals surface area contributed by atoms with Crippen LogP contribution in [0.4, 0.5) is 0 Å². The average molecular weight is 350 g/mol. The summed E-state index contributed by atoms with van der Waals surface area (Å²) in [4.78, 5) is 1.30. The Hall–Kier alpha value is -0.770. The number of thioether (sulfide) groups is 1. The molecule has 20 heavy (non-hydrogen) atoms. The van der Waals surface area contributed by atoms with Crippen LogP contribution < -0.4 is 5.32 Å². The summed E-state index contributed by atoms with van der Waals surface area (Å²) >= 11 is 5.41. The number of benzene rings is 2. The van der Waals surface area contributed by atoms with E-state index < -0.39 is 0 Å². The average Bonchev–Trinajstić information content (AvgIpc) is 2.43. The Labute approximate surface area is 134 Å². The van der Waals surface area contributed by atoms with Crippen LogP contribution in [0, 0.1) is 13.8 Å². The van der Waals surface area contributed by atoms with E-state index in [0.717, 1.165) is 10.2 Å². The zero-order valence-electron chi connectivity index (χ0n) is 12.1. The molecule has 0 aliphatic heterocycles. The minimum Gasteiger partial charge on any atom is -0.312 e. The summed E-state index contributed by atoms with van der Waals surface area (Å²) in [6.45, 7) is 4.33. The van der Waals surface area contributed by atoms with Crippen LogP contribution >= 0.6 is 27.7 Å². The van der Waals surface area contributed by atoms with Gasteiger partial charge >= 0.3 is 0 Å². The first-order valence-electron chi connectivity index (χ1n) is 6.73. The molecule has 0 spiro atoms. The molecule has 0 aliphatic carbocycles. The van der Waals surface area contributed by atoms with E-state index in [2.05, 4.69) is 77.6 Å². The molecule has 2 aromatic carbocycles. The Kier molecular flexibility index (Phi) is 5.70. The molecule has 1 N–H and O–H groups in total. The van der Waals surface area contributed by atoms with Gasteiger partial charge in [0.1, 0.15) is 0 Å². The second-order valence-electron chi connectivity index (χ2n) is 4.97. The van der Waals surface area contributed by atoms with Crippen molar-refractivity contribution in [3.05, 3.63) is 63.6 Å². The topological polar surface area (TPSA) is 12.0 Å². The first-order valence-corrected chi connectivity index (χ1v) is 8.51. The summed E-state index contributed by atoms with van der Waals surface area (Å²) in [5.41, 5.74) is 4.07. The summed E-state index contributed by atoms with van der Waals surface area (Å²) < 4.78 is 1.13. The highest BCUT2D eigenvalue weighted by molar-refractivity contribution is 9.10. The van der Waals surface area contributed by atoms with E-state index in [1.165, 1.54) is 21.6 Å². The fraction of sp³-hybridized carbons (Fsp3) is 0.294. The van der Waals surface area contributed by atoms with Crippen molar-refractivity contribution in [3.63, 3.8) is 0 Å². The minimum absolute atomic E-state index is 0.374. The van der Waals surface area contributed by atoms with Crippen molar-refractivity contribution in [1.29, 1.82) is 0 Å². The van der Waals surface area contributed by atoms with E-state index in [4.69, 9.17) is 0 Å². The highest BCUT2D eigenvalue weighted by Gasteiger charge is 2.12. The number of hydrogen-bond donors (Lipinski definition) is 1. The molecule has 1 unspecified atom stereocenters. The number of aryl methyl sites for hydroxylation is 2. The van der Waals surface area contributed by atoms with Gasteiger partial charge in [0.15, 0.2) is 0 Å². The third-order valence-corrected chi connectivity index (χ3v) is 4.95. The Morgan fingerprint density at radius 1 is 1.15 bits per heavy atom. The lowest BCUT2D eigenvalue weighted by Gasteiger charge is -2.19. The van der Waals surface area contributed by atoms with E-state index >= 15 is 0 Å². The standard InChI is InChI=1S/C17H20BrNS/c1-12-7-8-13(2)16(9-12)17(19-3)11-20-15-6-4-5-14(18)10-15/h4-10,17,19H,11H2,1-3H3. The number of nitrogens with one attached hydrogen (secondary N) is 1. The second-order valence-corrected chi connectivity index (χ2v) is 6.98. The first kappa shape index (κ1) is 15.6. The molecular formula is C17H20BrNS. The van der Waals surface area contributed by atoms with Gasteiger partial charge in [-0.2, -0.15) is 0 Å². The van der Waals surface area contributed by atoms with Gasteiger partial charge in [0, 0.05) is 21.2 Å². The van der Waals surface area contributed by atoms with Crippen molar-refractivity contribution in [3.8, 4) is 0 Å². The van der Waals surface area contributed by atoms with Crippen LogP contribution in [0.1, 0.15) is 22.7 Å². The molecule has 0 fully saturated rings. The maximum absolute atomic E-state index is 3.52. The van der Waals surface area contributed by atoms with Crippen molar-refractivity contribution in [2.24, 2.45) is 0 Å². The summed E-state index contributed by atoms with van der Waals surface area (Å²) in [7, 11) is 2.04. The Bertz CT molecular complexity index is 583. The number of rotatable bonds is 5. The summed E-state index contributed by atoms with van der Waals surface area (Å²) in [5.74, 6) is 1.03. The molecule has 0 amide bonds. The van der Waals surface area contributed by atoms with E-state index in [1.807, 2.05) is 18.8 Å². The summed E-state index contributed by atoms with van der Waals surface area (Å²) in [5, 5.41) is 3.44. The van der Waals surface area contributed by atoms with E-state index in [9.17, 15) is 0 Å². The van der Waals surface area contributed by atoms with Gasteiger partial charge in [-0.3, -0.25) is 0 Å². The Morgan fingerprint density at radius 3 is 2.65 bits per heavy atom. The number of hydrogen-bond acceptors (Lipinski definition) is 2. The zero-order chi connectivity index (χ0) is 14.5. The van der Waals surface area contributed by atoms with Gasteiger partial charge in [0.05, 0.1) is 0 Å². The molecule has 106 valence electrons. The quantitative estimate of drug-likeness (QED) is 0.752. The smallest absolute Gasteiger partial charge is 0.0415 e. The van der Waals surface area contributed by atoms with Crippen LogP contribution in [0.3, 0.4) is 0 Å². The molecule has 0 saturated heterocycles. The lowest BCUT2D eigenvalue weighted by atomic mass is 10.0. The maximum Gasteiger partial charge on any atom is 0.0415 e. The van der Waals surface area contributed by atoms with Gasteiger partial charge in [-0.1, -0.05) is 45.8 Å². The monoisotopic (exact) mass is 349 g/mol. The zero-order valence-corrected chi connectivity index (χ0v) is 14.5. The molecule has 0 aliphatic rings. The SMILES string of the molecule is CNC(CSc1cccc(Br)c1)c1cc(C)ccc1C. The van der Waals surface area contributed by atoms with Crippen molar-refractivity contribution in [1.82, 2.24) is 5.32 Å². The lowest BCUT2D eigenvalue weighted by Crippen LogP contribution is -2.19. The fourth-order valence-electron chi connectivity index (χ4n) is 2.20. The third kappa shape index (κ3) is 4.11. The summed E-state index contributed by atoms with van der Waals surface area (Å²) in [6.07, 6.45) is 0.